The van der Waals surface area contributed by atoms with Crippen molar-refractivity contribution < 1.29 is 18.0 Å². The molecule has 0 aliphatic heterocycles. The van der Waals surface area contributed by atoms with Crippen LogP contribution in [0.3, 0.4) is 0 Å². The van der Waals surface area contributed by atoms with E-state index in [1.165, 1.54) is 7.05 Å². The van der Waals surface area contributed by atoms with Crippen LogP contribution < -0.4 is 5.32 Å². The Morgan fingerprint density at radius 2 is 1.82 bits per heavy atom. The summed E-state index contributed by atoms with van der Waals surface area (Å²) < 4.78 is 38.7. The van der Waals surface area contributed by atoms with Gasteiger partial charge in [0.05, 0.1) is 0 Å². The topological polar surface area (TPSA) is 46.9 Å². The van der Waals surface area contributed by atoms with Gasteiger partial charge in [-0.15, -0.1) is 0 Å². The van der Waals surface area contributed by atoms with Crippen LogP contribution in [-0.4, -0.2) is 15.7 Å². The van der Waals surface area contributed by atoms with E-state index in [9.17, 15) is 18.0 Å². The number of carbonyl (C=O) groups is 1. The Balaban J connectivity index is 2.17. The minimum Gasteiger partial charge on any atom is -0.321 e. The molecule has 0 saturated carbocycles. The zero-order valence-corrected chi connectivity index (χ0v) is 12.4. The lowest BCUT2D eigenvalue weighted by Crippen LogP contribution is -2.16. The van der Waals surface area contributed by atoms with Crippen molar-refractivity contribution in [3.8, 4) is 0 Å². The second-order valence-corrected chi connectivity index (χ2v) is 5.27. The summed E-state index contributed by atoms with van der Waals surface area (Å²) in [4.78, 5) is 12.1. The maximum atomic E-state index is 12.6. The normalized spacial score (nSPS) is 11.8. The fraction of sp³-hybridized carbons (Fsp3) is 0.333. The summed E-state index contributed by atoms with van der Waals surface area (Å²) in [5.74, 6) is -0.279. The Kier molecular flexibility index (Phi) is 4.25. The minimum absolute atomic E-state index is 0.153. The summed E-state index contributed by atoms with van der Waals surface area (Å²) in [7, 11) is 1.30. The average molecular weight is 311 g/mol. The van der Waals surface area contributed by atoms with Crippen LogP contribution in [0.1, 0.15) is 41.5 Å². The lowest BCUT2D eigenvalue weighted by atomic mass is 10.0. The highest BCUT2D eigenvalue weighted by Gasteiger charge is 2.35. The Bertz CT molecular complexity index is 672. The van der Waals surface area contributed by atoms with Gasteiger partial charge < -0.3 is 5.32 Å². The Morgan fingerprint density at radius 3 is 2.27 bits per heavy atom. The molecule has 0 saturated heterocycles. The molecule has 1 amide bonds. The third kappa shape index (κ3) is 3.47. The molecule has 0 atom stereocenters. The third-order valence-corrected chi connectivity index (χ3v) is 3.24. The van der Waals surface area contributed by atoms with Gasteiger partial charge in [0.15, 0.2) is 5.69 Å². The summed E-state index contributed by atoms with van der Waals surface area (Å²) in [6, 6.07) is 7.90. The number of rotatable bonds is 3. The molecule has 118 valence electrons. The molecule has 0 spiro atoms. The molecule has 0 radical (unpaired) electrons. The fourth-order valence-corrected chi connectivity index (χ4v) is 1.96. The van der Waals surface area contributed by atoms with E-state index in [1.807, 2.05) is 26.0 Å². The SMILES string of the molecule is CC(C)c1ccc(NC(=O)c2cc(C(F)(F)F)nn2C)cc1. The first-order chi connectivity index (χ1) is 10.2. The molecule has 1 aromatic carbocycles. The molecule has 1 aromatic heterocycles. The van der Waals surface area contributed by atoms with Gasteiger partial charge in [0.25, 0.3) is 5.91 Å². The van der Waals surface area contributed by atoms with Crippen molar-refractivity contribution in [1.29, 1.82) is 0 Å². The van der Waals surface area contributed by atoms with Crippen LogP contribution >= 0.6 is 0 Å². The highest BCUT2D eigenvalue weighted by molar-refractivity contribution is 6.03. The molecule has 1 heterocycles. The van der Waals surface area contributed by atoms with Gasteiger partial charge in [0.2, 0.25) is 0 Å². The molecule has 4 nitrogen and oxygen atoms in total. The van der Waals surface area contributed by atoms with Crippen LogP contribution in [0, 0.1) is 0 Å². The number of aryl methyl sites for hydroxylation is 1. The van der Waals surface area contributed by atoms with Gasteiger partial charge in [-0.3, -0.25) is 9.48 Å². The number of benzene rings is 1. The van der Waals surface area contributed by atoms with Crippen molar-refractivity contribution >= 4 is 11.6 Å². The predicted octanol–water partition coefficient (Wildman–Crippen LogP) is 3.81. The van der Waals surface area contributed by atoms with E-state index in [2.05, 4.69) is 10.4 Å². The first kappa shape index (κ1) is 16.1. The summed E-state index contributed by atoms with van der Waals surface area (Å²) >= 11 is 0. The van der Waals surface area contributed by atoms with Gasteiger partial charge in [-0.25, -0.2) is 0 Å². The van der Waals surface area contributed by atoms with Crippen LogP contribution in [0.15, 0.2) is 30.3 Å². The molecule has 2 rings (SSSR count). The zero-order valence-electron chi connectivity index (χ0n) is 12.4. The van der Waals surface area contributed by atoms with E-state index in [0.717, 1.165) is 16.3 Å². The lowest BCUT2D eigenvalue weighted by Gasteiger charge is -2.08. The highest BCUT2D eigenvalue weighted by Crippen LogP contribution is 2.28. The number of anilines is 1. The molecule has 0 bridgehead atoms. The quantitative estimate of drug-likeness (QED) is 0.937. The molecule has 2 aromatic rings. The standard InChI is InChI=1S/C15H16F3N3O/c1-9(2)10-4-6-11(7-5-10)19-14(22)12-8-13(15(16,17)18)20-21(12)3/h4-9H,1-3H3,(H,19,22). The van der Waals surface area contributed by atoms with Gasteiger partial charge in [-0.2, -0.15) is 18.3 Å². The molecule has 7 heteroatoms. The number of alkyl halides is 3. The van der Waals surface area contributed by atoms with E-state index in [-0.39, 0.29) is 5.69 Å². The molecule has 0 unspecified atom stereocenters. The Labute approximate surface area is 125 Å². The number of nitrogens with one attached hydrogen (secondary N) is 1. The van der Waals surface area contributed by atoms with E-state index in [1.54, 1.807) is 12.1 Å². The van der Waals surface area contributed by atoms with Crippen molar-refractivity contribution in [3.05, 3.63) is 47.3 Å². The van der Waals surface area contributed by atoms with Gasteiger partial charge >= 0.3 is 6.18 Å². The number of aromatic nitrogens is 2. The molecule has 0 aliphatic rings. The Hall–Kier alpha value is -2.31. The first-order valence-electron chi connectivity index (χ1n) is 6.71. The molecular weight excluding hydrogens is 295 g/mol. The summed E-state index contributed by atoms with van der Waals surface area (Å²) in [6.45, 7) is 4.09. The van der Waals surface area contributed by atoms with Gasteiger partial charge in [-0.1, -0.05) is 26.0 Å². The van der Waals surface area contributed by atoms with E-state index < -0.39 is 17.8 Å². The van der Waals surface area contributed by atoms with Crippen LogP contribution in [0.2, 0.25) is 0 Å². The number of carbonyl (C=O) groups excluding carboxylic acids is 1. The maximum absolute atomic E-state index is 12.6. The monoisotopic (exact) mass is 311 g/mol. The first-order valence-corrected chi connectivity index (χ1v) is 6.71. The minimum atomic E-state index is -4.57. The molecular formula is C15H16F3N3O. The summed E-state index contributed by atoms with van der Waals surface area (Å²) in [5, 5.41) is 5.88. The summed E-state index contributed by atoms with van der Waals surface area (Å²) in [6.07, 6.45) is -4.57. The van der Waals surface area contributed by atoms with Gasteiger partial charge in [0, 0.05) is 18.8 Å². The second-order valence-electron chi connectivity index (χ2n) is 5.27. The van der Waals surface area contributed by atoms with Crippen LogP contribution in [0.4, 0.5) is 18.9 Å². The van der Waals surface area contributed by atoms with E-state index in [0.29, 0.717) is 11.6 Å². The maximum Gasteiger partial charge on any atom is 0.435 e. The zero-order chi connectivity index (χ0) is 16.5. The summed E-state index contributed by atoms with van der Waals surface area (Å²) in [5.41, 5.74) is 0.387. The van der Waals surface area contributed by atoms with E-state index in [4.69, 9.17) is 0 Å². The predicted molar refractivity (Wildman–Crippen MR) is 76.7 cm³/mol. The van der Waals surface area contributed by atoms with Crippen molar-refractivity contribution in [2.45, 2.75) is 25.9 Å². The number of nitrogens with zero attached hydrogens (tertiary/aromatic N) is 2. The molecule has 1 N–H and O–H groups in total. The largest absolute Gasteiger partial charge is 0.435 e. The smallest absolute Gasteiger partial charge is 0.321 e. The van der Waals surface area contributed by atoms with Crippen LogP contribution in [0.25, 0.3) is 0 Å². The highest BCUT2D eigenvalue weighted by atomic mass is 19.4. The fourth-order valence-electron chi connectivity index (χ4n) is 1.96. The van der Waals surface area contributed by atoms with Crippen molar-refractivity contribution in [2.24, 2.45) is 7.05 Å². The van der Waals surface area contributed by atoms with Crippen molar-refractivity contribution in [3.63, 3.8) is 0 Å². The molecule has 0 aliphatic carbocycles. The van der Waals surface area contributed by atoms with E-state index >= 15 is 0 Å². The molecule has 0 fully saturated rings. The average Bonchev–Trinajstić information content (AvgIpc) is 2.81. The lowest BCUT2D eigenvalue weighted by molar-refractivity contribution is -0.141. The van der Waals surface area contributed by atoms with Crippen LogP contribution in [0.5, 0.6) is 0 Å². The number of amides is 1. The second kappa shape index (κ2) is 5.82. The van der Waals surface area contributed by atoms with Crippen molar-refractivity contribution in [2.75, 3.05) is 5.32 Å². The van der Waals surface area contributed by atoms with Gasteiger partial charge in [0.1, 0.15) is 5.69 Å². The van der Waals surface area contributed by atoms with Crippen molar-refractivity contribution in [1.82, 2.24) is 9.78 Å². The van der Waals surface area contributed by atoms with Crippen LogP contribution in [-0.2, 0) is 13.2 Å². The number of hydrogen-bond donors (Lipinski definition) is 1. The third-order valence-electron chi connectivity index (χ3n) is 3.24. The number of hydrogen-bond acceptors (Lipinski definition) is 2. The Morgan fingerprint density at radius 1 is 1.23 bits per heavy atom. The van der Waals surface area contributed by atoms with Gasteiger partial charge in [-0.05, 0) is 23.6 Å². The molecule has 22 heavy (non-hydrogen) atoms. The number of halogens is 3.